The predicted octanol–water partition coefficient (Wildman–Crippen LogP) is 3.38. The molecule has 2 aliphatic heterocycles. The second-order valence-electron chi connectivity index (χ2n) is 7.96. The van der Waals surface area contributed by atoms with E-state index in [1.165, 1.54) is 17.2 Å². The van der Waals surface area contributed by atoms with Crippen LogP contribution in [0.25, 0.3) is 5.73 Å². The van der Waals surface area contributed by atoms with Crippen LogP contribution in [0.4, 0.5) is 19.0 Å². The molecule has 12 heteroatoms. The van der Waals surface area contributed by atoms with Crippen molar-refractivity contribution in [3.63, 3.8) is 0 Å². The Hall–Kier alpha value is -3.05. The number of carbonyl (C=O) groups is 1. The van der Waals surface area contributed by atoms with Crippen molar-refractivity contribution < 1.29 is 27.6 Å². The second-order valence-corrected chi connectivity index (χ2v) is 7.96. The summed E-state index contributed by atoms with van der Waals surface area (Å²) in [6, 6.07) is 0.142. The molecule has 162 valence electrons. The number of likely N-dealkylation sites (tertiary alicyclic amines) is 1. The Bertz CT molecular complexity index is 921. The minimum absolute atomic E-state index is 0.00151. The van der Waals surface area contributed by atoms with Gasteiger partial charge in [-0.15, -0.1) is 5.70 Å². The predicted molar refractivity (Wildman–Crippen MR) is 97.3 cm³/mol. The van der Waals surface area contributed by atoms with Crippen LogP contribution in [-0.2, 0) is 11.3 Å². The van der Waals surface area contributed by atoms with Crippen molar-refractivity contribution in [3.05, 3.63) is 46.0 Å². The first-order valence-electron chi connectivity index (χ1n) is 9.39. The minimum atomic E-state index is -4.61. The van der Waals surface area contributed by atoms with Gasteiger partial charge in [-0.3, -0.25) is 9.36 Å². The van der Waals surface area contributed by atoms with Gasteiger partial charge in [0.15, 0.2) is 0 Å². The number of imidazole rings is 1. The van der Waals surface area contributed by atoms with Crippen molar-refractivity contribution >= 4 is 11.7 Å². The van der Waals surface area contributed by atoms with E-state index in [9.17, 15) is 28.1 Å². The summed E-state index contributed by atoms with van der Waals surface area (Å²) < 4.78 is 48.5. The summed E-state index contributed by atoms with van der Waals surface area (Å²) in [5.74, 6) is -0.907. The highest BCUT2D eigenvalue weighted by atomic mass is 19.4. The van der Waals surface area contributed by atoms with E-state index >= 15 is 0 Å². The van der Waals surface area contributed by atoms with Crippen molar-refractivity contribution in [2.75, 3.05) is 13.1 Å². The Labute approximate surface area is 169 Å². The fourth-order valence-electron chi connectivity index (χ4n) is 4.13. The van der Waals surface area contributed by atoms with Crippen LogP contribution >= 0.6 is 0 Å². The molecular weight excluding hydrogens is 407 g/mol. The lowest BCUT2D eigenvalue weighted by Gasteiger charge is -2.40. The Balaban J connectivity index is 1.39. The first-order chi connectivity index (χ1) is 14.0. The summed E-state index contributed by atoms with van der Waals surface area (Å²) in [5, 5.41) is 10.8. The van der Waals surface area contributed by atoms with Crippen molar-refractivity contribution in [2.24, 2.45) is 5.41 Å². The lowest BCUT2D eigenvalue weighted by molar-refractivity contribution is -0.389. The van der Waals surface area contributed by atoms with Gasteiger partial charge in [0.1, 0.15) is 11.8 Å². The van der Waals surface area contributed by atoms with E-state index in [0.29, 0.717) is 19.4 Å². The first-order valence-corrected chi connectivity index (χ1v) is 9.39. The van der Waals surface area contributed by atoms with E-state index in [4.69, 9.17) is 10.5 Å². The van der Waals surface area contributed by atoms with Crippen molar-refractivity contribution in [1.82, 2.24) is 14.5 Å². The maximum absolute atomic E-state index is 13.7. The van der Waals surface area contributed by atoms with Gasteiger partial charge in [0, 0.05) is 37.3 Å². The molecule has 9 nitrogen and oxygen atoms in total. The highest BCUT2D eigenvalue weighted by Gasteiger charge is 2.54. The van der Waals surface area contributed by atoms with Crippen LogP contribution in [0.3, 0.4) is 0 Å². The molecule has 0 radical (unpaired) electrons. The van der Waals surface area contributed by atoms with E-state index in [1.807, 2.05) is 0 Å². The maximum Gasteiger partial charge on any atom is 0.415 e. The fraction of sp³-hybridized carbons (Fsp3) is 0.556. The van der Waals surface area contributed by atoms with Gasteiger partial charge < -0.3 is 25.5 Å². The summed E-state index contributed by atoms with van der Waals surface area (Å²) in [6.07, 6.45) is -0.490. The summed E-state index contributed by atoms with van der Waals surface area (Å²) in [6.45, 7) is 0.795. The molecule has 1 aliphatic carbocycles. The normalized spacial score (nSPS) is 25.0. The van der Waals surface area contributed by atoms with Gasteiger partial charge in [0.2, 0.25) is 5.91 Å². The number of nitrogens with one attached hydrogen (secondary N) is 1. The Morgan fingerprint density at radius 3 is 2.60 bits per heavy atom. The molecular formula is C18H19F3N5O4-. The van der Waals surface area contributed by atoms with Gasteiger partial charge in [-0.05, 0) is 11.3 Å². The zero-order valence-electron chi connectivity index (χ0n) is 15.8. The average molecular weight is 426 g/mol. The molecule has 0 bridgehead atoms. The number of allylic oxidation sites excluding steroid dienone is 3. The maximum atomic E-state index is 13.7. The Morgan fingerprint density at radius 2 is 2.07 bits per heavy atom. The Kier molecular flexibility index (Phi) is 4.55. The van der Waals surface area contributed by atoms with Gasteiger partial charge in [-0.1, -0.05) is 18.2 Å². The van der Waals surface area contributed by atoms with Gasteiger partial charge in [0.05, 0.1) is 12.0 Å². The minimum Gasteiger partial charge on any atom is -0.699 e. The number of rotatable bonds is 3. The molecule has 4 rings (SSSR count). The number of carbonyl (C=O) groups excluding carboxylic acids is 1. The molecule has 1 aromatic rings. The van der Waals surface area contributed by atoms with Gasteiger partial charge in [0.25, 0.3) is 0 Å². The number of alkyl halides is 3. The molecule has 1 saturated heterocycles. The Morgan fingerprint density at radius 1 is 1.37 bits per heavy atom. The molecule has 0 saturated carbocycles. The number of halogens is 3. The van der Waals surface area contributed by atoms with Crippen LogP contribution < -0.4 is 4.74 Å². The number of fused-ring (bicyclic) bond motifs is 1. The number of aromatic nitrogens is 2. The third-order valence-electron chi connectivity index (χ3n) is 6.01. The van der Waals surface area contributed by atoms with Crippen molar-refractivity contribution in [1.29, 1.82) is 0 Å². The third-order valence-corrected chi connectivity index (χ3v) is 6.01. The lowest BCUT2D eigenvalue weighted by atomic mass is 9.76. The van der Waals surface area contributed by atoms with Crippen LogP contribution in [0.15, 0.2) is 30.1 Å². The molecule has 1 unspecified atom stereocenters. The molecule has 1 fully saturated rings. The van der Waals surface area contributed by atoms with Gasteiger partial charge in [-0.2, -0.15) is 13.2 Å². The molecule has 30 heavy (non-hydrogen) atoms. The largest absolute Gasteiger partial charge is 0.699 e. The summed E-state index contributed by atoms with van der Waals surface area (Å²) in [4.78, 5) is 28.1. The zero-order chi connectivity index (χ0) is 21.7. The monoisotopic (exact) mass is 426 g/mol. The first kappa shape index (κ1) is 20.2. The number of nitro groups is 1. The smallest absolute Gasteiger partial charge is 0.415 e. The standard InChI is InChI=1S/C18H19F3N5O4/c19-18(20,21)16(3-1-12(22)2-4-16)9-14(27)24-7-5-17(6-8-24)11-25-10-13(26(28)29)23-15(25)30-17/h1-3,10,22H,4-9,11H2/q-1. The van der Waals surface area contributed by atoms with Crippen molar-refractivity contribution in [2.45, 2.75) is 44.0 Å². The number of amides is 1. The van der Waals surface area contributed by atoms with Crippen LogP contribution in [0.2, 0.25) is 0 Å². The fourth-order valence-corrected chi connectivity index (χ4v) is 4.13. The third kappa shape index (κ3) is 3.39. The van der Waals surface area contributed by atoms with Crippen LogP contribution in [0.5, 0.6) is 6.01 Å². The van der Waals surface area contributed by atoms with Crippen molar-refractivity contribution in [3.8, 4) is 6.01 Å². The topological polar surface area (TPSA) is 114 Å². The van der Waals surface area contributed by atoms with Crippen LogP contribution in [0, 0.1) is 15.5 Å². The van der Waals surface area contributed by atoms with Crippen LogP contribution in [0.1, 0.15) is 25.7 Å². The highest BCUT2D eigenvalue weighted by molar-refractivity contribution is 5.77. The van der Waals surface area contributed by atoms with Gasteiger partial charge in [-0.25, -0.2) is 0 Å². The summed E-state index contributed by atoms with van der Waals surface area (Å²) in [5.41, 5.74) is 4.49. The zero-order valence-corrected chi connectivity index (χ0v) is 15.8. The van der Waals surface area contributed by atoms with E-state index in [0.717, 1.165) is 12.2 Å². The summed E-state index contributed by atoms with van der Waals surface area (Å²) >= 11 is 0. The molecule has 1 aromatic heterocycles. The molecule has 3 heterocycles. The number of nitrogens with zero attached hydrogens (tertiary/aromatic N) is 4. The molecule has 1 N–H and O–H groups in total. The second kappa shape index (κ2) is 6.74. The van der Waals surface area contributed by atoms with E-state index < -0.39 is 40.9 Å². The highest BCUT2D eigenvalue weighted by Crippen LogP contribution is 2.48. The molecule has 1 amide bonds. The van der Waals surface area contributed by atoms with Gasteiger partial charge >= 0.3 is 18.0 Å². The molecule has 1 spiro atoms. The SMILES string of the molecule is [NH-]C1=CCC(CC(=O)N2CCC3(CC2)Cn2cc([N+](=O)[O-])nc2O3)(C(F)(F)F)C=C1. The molecule has 1 atom stereocenters. The molecule has 3 aliphatic rings. The quantitative estimate of drug-likeness (QED) is 0.543. The summed E-state index contributed by atoms with van der Waals surface area (Å²) in [7, 11) is 0. The van der Waals surface area contributed by atoms with E-state index in [2.05, 4.69) is 4.98 Å². The number of piperidine rings is 1. The van der Waals surface area contributed by atoms with Crippen LogP contribution in [-0.4, -0.2) is 50.1 Å². The molecule has 0 aromatic carbocycles. The number of ether oxygens (including phenoxy) is 1. The average Bonchev–Trinajstić information content (AvgIpc) is 3.19. The number of hydrogen-bond donors (Lipinski definition) is 0. The van der Waals surface area contributed by atoms with E-state index in [1.54, 1.807) is 4.57 Å². The number of hydrogen-bond acceptors (Lipinski definition) is 5. The lowest BCUT2D eigenvalue weighted by Crippen LogP contribution is -2.51. The van der Waals surface area contributed by atoms with E-state index in [-0.39, 0.29) is 30.6 Å².